The normalized spacial score (nSPS) is 13.8. The predicted molar refractivity (Wildman–Crippen MR) is 206 cm³/mol. The number of nitrogens with two attached hydrogens (primary N) is 1. The van der Waals surface area contributed by atoms with Crippen molar-refractivity contribution in [3.8, 4) is 22.3 Å². The van der Waals surface area contributed by atoms with Gasteiger partial charge in [0.25, 0.3) is 0 Å². The minimum absolute atomic E-state index is 0.781. The maximum absolute atomic E-state index is 7.05. The highest BCUT2D eigenvalue weighted by atomic mass is 14.6. The van der Waals surface area contributed by atoms with E-state index in [1.54, 1.807) is 0 Å². The number of allylic oxidation sites excluding steroid dienone is 7. The maximum Gasteiger partial charge on any atom is 0.0423 e. The summed E-state index contributed by atoms with van der Waals surface area (Å²) in [6, 6.07) is 38.2. The fourth-order valence-corrected chi connectivity index (χ4v) is 7.32. The molecule has 1 nitrogen and oxygen atoms in total. The van der Waals surface area contributed by atoms with Crippen LogP contribution < -0.4 is 5.73 Å². The van der Waals surface area contributed by atoms with E-state index in [2.05, 4.69) is 154 Å². The molecule has 1 aliphatic carbocycles. The fraction of sp³-hybridized carbons (Fsp3) is 0.130. The second-order valence-electron chi connectivity index (χ2n) is 12.6. The monoisotopic (exact) mass is 607 g/mol. The Balaban J connectivity index is 1.53. The van der Waals surface area contributed by atoms with Crippen LogP contribution in [0.1, 0.15) is 50.3 Å². The lowest BCUT2D eigenvalue weighted by molar-refractivity contribution is 0.986. The van der Waals surface area contributed by atoms with E-state index < -0.39 is 0 Å². The molecule has 0 fully saturated rings. The molecule has 1 aliphatic rings. The minimum Gasteiger partial charge on any atom is -0.398 e. The van der Waals surface area contributed by atoms with E-state index >= 15 is 0 Å². The zero-order valence-electron chi connectivity index (χ0n) is 27.6. The smallest absolute Gasteiger partial charge is 0.0423 e. The van der Waals surface area contributed by atoms with E-state index in [-0.39, 0.29) is 0 Å². The minimum atomic E-state index is 0.781. The molecule has 2 N–H and O–H groups in total. The molecule has 6 aromatic rings. The second-order valence-corrected chi connectivity index (χ2v) is 12.6. The van der Waals surface area contributed by atoms with E-state index in [0.717, 1.165) is 47.2 Å². The molecule has 0 radical (unpaired) electrons. The van der Waals surface area contributed by atoms with Gasteiger partial charge in [0.15, 0.2) is 0 Å². The van der Waals surface area contributed by atoms with E-state index in [0.29, 0.717) is 0 Å². The maximum atomic E-state index is 7.05. The lowest BCUT2D eigenvalue weighted by Gasteiger charge is -2.21. The third-order valence-electron chi connectivity index (χ3n) is 9.76. The number of fused-ring (bicyclic) bond motifs is 4. The SMILES string of the molecule is C=C(C/C=C\C)C(=C/C)/C(C)=C(\N)c1ccc2c(-c3ccc4ccccc4c3)c3ccccc3c(-c3ccc4c(c3)CCC=C4)c2c1. The van der Waals surface area contributed by atoms with Crippen molar-refractivity contribution in [1.29, 1.82) is 0 Å². The molecule has 0 amide bonds. The topological polar surface area (TPSA) is 26.0 Å². The third kappa shape index (κ3) is 5.53. The summed E-state index contributed by atoms with van der Waals surface area (Å²) in [5.74, 6) is 0. The van der Waals surface area contributed by atoms with Crippen molar-refractivity contribution in [3.63, 3.8) is 0 Å². The molecule has 0 spiro atoms. The van der Waals surface area contributed by atoms with Crippen LogP contribution in [0.25, 0.3) is 66.3 Å². The van der Waals surface area contributed by atoms with Crippen molar-refractivity contribution in [2.24, 2.45) is 5.73 Å². The summed E-state index contributed by atoms with van der Waals surface area (Å²) in [5.41, 5.74) is 19.8. The molecule has 0 bridgehead atoms. The second kappa shape index (κ2) is 12.8. The summed E-state index contributed by atoms with van der Waals surface area (Å²) in [6.45, 7) is 10.6. The number of rotatable bonds is 7. The van der Waals surface area contributed by atoms with Gasteiger partial charge in [-0.2, -0.15) is 0 Å². The third-order valence-corrected chi connectivity index (χ3v) is 9.76. The summed E-state index contributed by atoms with van der Waals surface area (Å²) in [7, 11) is 0. The zero-order valence-corrected chi connectivity index (χ0v) is 27.6. The first-order valence-electron chi connectivity index (χ1n) is 16.7. The van der Waals surface area contributed by atoms with Gasteiger partial charge < -0.3 is 5.73 Å². The molecule has 0 heterocycles. The Morgan fingerprint density at radius 3 is 2.19 bits per heavy atom. The van der Waals surface area contributed by atoms with Gasteiger partial charge >= 0.3 is 0 Å². The molecule has 6 aromatic carbocycles. The molecule has 1 heteroatoms. The van der Waals surface area contributed by atoms with Crippen LogP contribution in [0.3, 0.4) is 0 Å². The van der Waals surface area contributed by atoms with Crippen molar-refractivity contribution in [3.05, 3.63) is 167 Å². The quantitative estimate of drug-likeness (QED) is 0.109. The Labute approximate surface area is 278 Å². The van der Waals surface area contributed by atoms with Gasteiger partial charge in [-0.15, -0.1) is 0 Å². The number of hydrogen-bond donors (Lipinski definition) is 1. The first kappa shape index (κ1) is 30.3. The average Bonchev–Trinajstić information content (AvgIpc) is 3.12. The van der Waals surface area contributed by atoms with Gasteiger partial charge in [-0.1, -0.05) is 128 Å². The van der Waals surface area contributed by atoms with E-state index in [1.165, 1.54) is 65.7 Å². The van der Waals surface area contributed by atoms with E-state index in [4.69, 9.17) is 5.73 Å². The van der Waals surface area contributed by atoms with E-state index in [1.807, 2.05) is 6.92 Å². The number of hydrogen-bond acceptors (Lipinski definition) is 1. The average molecular weight is 608 g/mol. The first-order valence-corrected chi connectivity index (χ1v) is 16.7. The Hall–Kier alpha value is -5.40. The number of aryl methyl sites for hydroxylation is 1. The van der Waals surface area contributed by atoms with Gasteiger partial charge in [0, 0.05) is 5.70 Å². The molecular formula is C46H41N. The van der Waals surface area contributed by atoms with Crippen LogP contribution in [-0.4, -0.2) is 0 Å². The molecule has 7 rings (SSSR count). The van der Waals surface area contributed by atoms with Crippen molar-refractivity contribution in [1.82, 2.24) is 0 Å². The highest BCUT2D eigenvalue weighted by Crippen LogP contribution is 2.45. The standard InChI is InChI=1S/C46H41N/c1-5-7-14-30(3)39(6-2)31(4)46(47)38-25-26-42-43(29-38)45(37-24-22-33-16-9-11-18-35(33)28-37)41-20-13-12-19-40(41)44(42)36-23-21-32-15-8-10-17-34(32)27-36/h5-10,12-13,15-17,19-29H,3,11,14,18,47H2,1-2,4H3/b7-5-,39-6-,46-31-. The van der Waals surface area contributed by atoms with Crippen LogP contribution in [0, 0.1) is 0 Å². The summed E-state index contributed by atoms with van der Waals surface area (Å²) < 4.78 is 0. The van der Waals surface area contributed by atoms with Crippen LogP contribution in [0.2, 0.25) is 0 Å². The van der Waals surface area contributed by atoms with Gasteiger partial charge in [-0.3, -0.25) is 0 Å². The van der Waals surface area contributed by atoms with Crippen LogP contribution in [0.5, 0.6) is 0 Å². The lowest BCUT2D eigenvalue weighted by Crippen LogP contribution is -2.04. The Kier molecular flexibility index (Phi) is 8.23. The Morgan fingerprint density at radius 2 is 1.43 bits per heavy atom. The molecule has 0 saturated heterocycles. The van der Waals surface area contributed by atoms with Crippen molar-refractivity contribution in [2.75, 3.05) is 0 Å². The lowest BCUT2D eigenvalue weighted by atomic mass is 9.83. The number of benzene rings is 6. The first-order chi connectivity index (χ1) is 23.0. The molecule has 230 valence electrons. The van der Waals surface area contributed by atoms with Gasteiger partial charge in [-0.25, -0.2) is 0 Å². The van der Waals surface area contributed by atoms with Gasteiger partial charge in [0.1, 0.15) is 0 Å². The Bertz CT molecular complexity index is 2320. The van der Waals surface area contributed by atoms with Crippen LogP contribution in [-0.2, 0) is 6.42 Å². The van der Waals surface area contributed by atoms with Crippen molar-refractivity contribution < 1.29 is 0 Å². The van der Waals surface area contributed by atoms with Gasteiger partial charge in [0.2, 0.25) is 0 Å². The summed E-state index contributed by atoms with van der Waals surface area (Å²) in [5, 5.41) is 7.43. The van der Waals surface area contributed by atoms with Crippen LogP contribution >= 0.6 is 0 Å². The predicted octanol–water partition coefficient (Wildman–Crippen LogP) is 12.6. The molecule has 47 heavy (non-hydrogen) atoms. The summed E-state index contributed by atoms with van der Waals surface area (Å²) in [4.78, 5) is 0. The van der Waals surface area contributed by atoms with E-state index in [9.17, 15) is 0 Å². The summed E-state index contributed by atoms with van der Waals surface area (Å²) in [6.07, 6.45) is 13.8. The molecule has 0 aliphatic heterocycles. The Morgan fingerprint density at radius 1 is 0.745 bits per heavy atom. The molecule has 0 aromatic heterocycles. The van der Waals surface area contributed by atoms with Gasteiger partial charge in [0.05, 0.1) is 0 Å². The van der Waals surface area contributed by atoms with Crippen molar-refractivity contribution >= 4 is 44.1 Å². The summed E-state index contributed by atoms with van der Waals surface area (Å²) >= 11 is 0. The molecule has 0 saturated carbocycles. The molecular weight excluding hydrogens is 567 g/mol. The highest BCUT2D eigenvalue weighted by molar-refractivity contribution is 6.22. The van der Waals surface area contributed by atoms with Crippen LogP contribution in [0.15, 0.2) is 151 Å². The molecule has 0 unspecified atom stereocenters. The zero-order chi connectivity index (χ0) is 32.5. The highest BCUT2D eigenvalue weighted by Gasteiger charge is 2.19. The van der Waals surface area contributed by atoms with Gasteiger partial charge in [-0.05, 0) is 140 Å². The largest absolute Gasteiger partial charge is 0.398 e. The van der Waals surface area contributed by atoms with Crippen LogP contribution in [0.4, 0.5) is 0 Å². The fourth-order valence-electron chi connectivity index (χ4n) is 7.32. The van der Waals surface area contributed by atoms with Crippen molar-refractivity contribution in [2.45, 2.75) is 40.0 Å². The molecule has 0 atom stereocenters.